The Balaban J connectivity index is 3.08. The molecular weight excluding hydrogens is 182 g/mol. The number of amides is 1. The molecule has 0 saturated heterocycles. The fourth-order valence-corrected chi connectivity index (χ4v) is 1.26. The van der Waals surface area contributed by atoms with E-state index in [4.69, 9.17) is 9.84 Å². The lowest BCUT2D eigenvalue weighted by Crippen LogP contribution is -2.08. The summed E-state index contributed by atoms with van der Waals surface area (Å²) in [6.45, 7) is 3.69. The zero-order valence-corrected chi connectivity index (χ0v) is 8.42. The van der Waals surface area contributed by atoms with Gasteiger partial charge in [-0.25, -0.2) is 4.79 Å². The first-order valence-electron chi connectivity index (χ1n) is 4.19. The van der Waals surface area contributed by atoms with Gasteiger partial charge in [0.05, 0.1) is 7.11 Å². The number of nitrogens with one attached hydrogen (secondary N) is 1. The molecule has 0 unspecified atom stereocenters. The highest BCUT2D eigenvalue weighted by Crippen LogP contribution is 2.25. The molecule has 1 aromatic carbocycles. The number of methoxy groups -OCH3 is 1. The first kappa shape index (κ1) is 10.4. The van der Waals surface area contributed by atoms with Crippen molar-refractivity contribution < 1.29 is 14.6 Å². The van der Waals surface area contributed by atoms with Crippen LogP contribution >= 0.6 is 0 Å². The normalized spacial score (nSPS) is 9.64. The van der Waals surface area contributed by atoms with Gasteiger partial charge >= 0.3 is 6.09 Å². The number of ether oxygens (including phenoxy) is 1. The van der Waals surface area contributed by atoms with Gasteiger partial charge in [0.2, 0.25) is 0 Å². The highest BCUT2D eigenvalue weighted by atomic mass is 16.5. The minimum Gasteiger partial charge on any atom is -0.496 e. The lowest BCUT2D eigenvalue weighted by molar-refractivity contribution is 0.209. The predicted molar refractivity (Wildman–Crippen MR) is 54.1 cm³/mol. The number of rotatable bonds is 2. The third-order valence-corrected chi connectivity index (χ3v) is 1.98. The van der Waals surface area contributed by atoms with Gasteiger partial charge in [-0.15, -0.1) is 0 Å². The summed E-state index contributed by atoms with van der Waals surface area (Å²) in [6.07, 6.45) is -1.06. The molecular formula is C10H13NO3. The maximum atomic E-state index is 10.4. The van der Waals surface area contributed by atoms with Gasteiger partial charge in [-0.05, 0) is 37.1 Å². The molecule has 0 atom stereocenters. The van der Waals surface area contributed by atoms with Crippen molar-refractivity contribution in [2.75, 3.05) is 12.4 Å². The van der Waals surface area contributed by atoms with Crippen LogP contribution in [0.1, 0.15) is 11.1 Å². The second kappa shape index (κ2) is 4.00. The molecule has 76 valence electrons. The number of carbonyl (C=O) groups is 1. The van der Waals surface area contributed by atoms with Crippen molar-refractivity contribution in [3.63, 3.8) is 0 Å². The Labute approximate surface area is 82.5 Å². The molecule has 14 heavy (non-hydrogen) atoms. The van der Waals surface area contributed by atoms with Gasteiger partial charge in [-0.1, -0.05) is 0 Å². The minimum atomic E-state index is -1.06. The van der Waals surface area contributed by atoms with Gasteiger partial charge in [0.1, 0.15) is 5.75 Å². The van der Waals surface area contributed by atoms with E-state index in [1.54, 1.807) is 19.2 Å². The summed E-state index contributed by atoms with van der Waals surface area (Å²) in [5.74, 6) is 0.762. The quantitative estimate of drug-likeness (QED) is 0.761. The summed E-state index contributed by atoms with van der Waals surface area (Å²) < 4.78 is 5.11. The van der Waals surface area contributed by atoms with Crippen LogP contribution in [0.15, 0.2) is 12.1 Å². The number of benzene rings is 1. The van der Waals surface area contributed by atoms with E-state index in [0.717, 1.165) is 16.9 Å². The fourth-order valence-electron chi connectivity index (χ4n) is 1.26. The summed E-state index contributed by atoms with van der Waals surface area (Å²) in [5, 5.41) is 10.9. The van der Waals surface area contributed by atoms with E-state index in [0.29, 0.717) is 5.69 Å². The van der Waals surface area contributed by atoms with Crippen LogP contribution in [0.2, 0.25) is 0 Å². The number of hydrogen-bond donors (Lipinski definition) is 2. The van der Waals surface area contributed by atoms with Crippen molar-refractivity contribution >= 4 is 11.8 Å². The van der Waals surface area contributed by atoms with Crippen molar-refractivity contribution in [1.82, 2.24) is 0 Å². The van der Waals surface area contributed by atoms with E-state index in [-0.39, 0.29) is 0 Å². The zero-order valence-electron chi connectivity index (χ0n) is 8.42. The second-order valence-corrected chi connectivity index (χ2v) is 3.07. The SMILES string of the molecule is COc1cc(C)c(NC(=O)O)cc1C. The Morgan fingerprint density at radius 1 is 1.36 bits per heavy atom. The van der Waals surface area contributed by atoms with Gasteiger partial charge < -0.3 is 9.84 Å². The van der Waals surface area contributed by atoms with E-state index in [1.807, 2.05) is 13.8 Å². The Bertz CT molecular complexity index is 361. The Kier molecular flexibility index (Phi) is 2.96. The fraction of sp³-hybridized carbons (Fsp3) is 0.300. The Morgan fingerprint density at radius 2 is 2.00 bits per heavy atom. The molecule has 0 bridgehead atoms. The highest BCUT2D eigenvalue weighted by Gasteiger charge is 2.06. The summed E-state index contributed by atoms with van der Waals surface area (Å²) in [6, 6.07) is 3.56. The molecule has 0 aromatic heterocycles. The van der Waals surface area contributed by atoms with Crippen LogP contribution in [0, 0.1) is 13.8 Å². The molecule has 4 heteroatoms. The maximum Gasteiger partial charge on any atom is 0.409 e. The molecule has 0 heterocycles. The van der Waals surface area contributed by atoms with Crippen LogP contribution in [-0.2, 0) is 0 Å². The monoisotopic (exact) mass is 195 g/mol. The second-order valence-electron chi connectivity index (χ2n) is 3.07. The molecule has 0 saturated carbocycles. The van der Waals surface area contributed by atoms with Crippen LogP contribution < -0.4 is 10.1 Å². The van der Waals surface area contributed by atoms with Crippen molar-refractivity contribution in [3.05, 3.63) is 23.3 Å². The molecule has 2 N–H and O–H groups in total. The van der Waals surface area contributed by atoms with Gasteiger partial charge in [0.25, 0.3) is 0 Å². The summed E-state index contributed by atoms with van der Waals surface area (Å²) in [5.41, 5.74) is 2.34. The van der Waals surface area contributed by atoms with Crippen LogP contribution in [0.3, 0.4) is 0 Å². The first-order chi connectivity index (χ1) is 6.54. The van der Waals surface area contributed by atoms with Gasteiger partial charge in [-0.2, -0.15) is 0 Å². The largest absolute Gasteiger partial charge is 0.496 e. The molecule has 0 aliphatic rings. The average Bonchev–Trinajstić information content (AvgIpc) is 2.10. The van der Waals surface area contributed by atoms with E-state index in [2.05, 4.69) is 5.32 Å². The molecule has 0 fully saturated rings. The average molecular weight is 195 g/mol. The van der Waals surface area contributed by atoms with Crippen LogP contribution in [0.4, 0.5) is 10.5 Å². The lowest BCUT2D eigenvalue weighted by Gasteiger charge is -2.10. The van der Waals surface area contributed by atoms with Gasteiger partial charge in [0.15, 0.2) is 0 Å². The smallest absolute Gasteiger partial charge is 0.409 e. The zero-order chi connectivity index (χ0) is 10.7. The molecule has 0 aliphatic heterocycles. The molecule has 0 spiro atoms. The summed E-state index contributed by atoms with van der Waals surface area (Å²) >= 11 is 0. The van der Waals surface area contributed by atoms with E-state index in [1.165, 1.54) is 0 Å². The molecule has 1 amide bonds. The highest BCUT2D eigenvalue weighted by molar-refractivity contribution is 5.84. The maximum absolute atomic E-state index is 10.4. The molecule has 0 aliphatic carbocycles. The molecule has 1 rings (SSSR count). The standard InChI is InChI=1S/C10H13NO3/c1-6-5-9(14-3)7(2)4-8(6)11-10(12)13/h4-5,11H,1-3H3,(H,12,13). The van der Waals surface area contributed by atoms with E-state index < -0.39 is 6.09 Å². The van der Waals surface area contributed by atoms with Crippen molar-refractivity contribution in [3.8, 4) is 5.75 Å². The molecule has 4 nitrogen and oxygen atoms in total. The first-order valence-corrected chi connectivity index (χ1v) is 4.19. The van der Waals surface area contributed by atoms with Crippen LogP contribution in [0.5, 0.6) is 5.75 Å². The topological polar surface area (TPSA) is 58.6 Å². The minimum absolute atomic E-state index is 0.593. The van der Waals surface area contributed by atoms with Crippen LogP contribution in [-0.4, -0.2) is 18.3 Å². The molecule has 0 radical (unpaired) electrons. The molecule has 1 aromatic rings. The number of aryl methyl sites for hydroxylation is 2. The van der Waals surface area contributed by atoms with E-state index >= 15 is 0 Å². The lowest BCUT2D eigenvalue weighted by atomic mass is 10.1. The van der Waals surface area contributed by atoms with E-state index in [9.17, 15) is 4.79 Å². The predicted octanol–water partition coefficient (Wildman–Crippen LogP) is 2.40. The van der Waals surface area contributed by atoms with Crippen LogP contribution in [0.25, 0.3) is 0 Å². The number of anilines is 1. The van der Waals surface area contributed by atoms with Crippen molar-refractivity contribution in [2.24, 2.45) is 0 Å². The van der Waals surface area contributed by atoms with Gasteiger partial charge in [-0.3, -0.25) is 5.32 Å². The summed E-state index contributed by atoms with van der Waals surface area (Å²) in [7, 11) is 1.59. The summed E-state index contributed by atoms with van der Waals surface area (Å²) in [4.78, 5) is 10.4. The van der Waals surface area contributed by atoms with Crippen molar-refractivity contribution in [1.29, 1.82) is 0 Å². The van der Waals surface area contributed by atoms with Gasteiger partial charge in [0, 0.05) is 5.69 Å². The Hall–Kier alpha value is -1.71. The third kappa shape index (κ3) is 2.16. The Morgan fingerprint density at radius 3 is 2.50 bits per heavy atom. The number of carboxylic acid groups (broad SMARTS) is 1. The van der Waals surface area contributed by atoms with Crippen molar-refractivity contribution in [2.45, 2.75) is 13.8 Å². The number of hydrogen-bond acceptors (Lipinski definition) is 2. The third-order valence-electron chi connectivity index (χ3n) is 1.98.